The summed E-state index contributed by atoms with van der Waals surface area (Å²) >= 11 is 0. The van der Waals surface area contributed by atoms with Gasteiger partial charge < -0.3 is 19.1 Å². The van der Waals surface area contributed by atoms with Crippen molar-refractivity contribution in [2.24, 2.45) is 0 Å². The largest absolute Gasteiger partial charge is 1.00 e. The molecule has 0 fully saturated rings. The van der Waals surface area contributed by atoms with Gasteiger partial charge in [0.05, 0.1) is 14.2 Å². The van der Waals surface area contributed by atoms with Crippen molar-refractivity contribution in [1.29, 1.82) is 0 Å². The Hall–Kier alpha value is -0.310. The average molecular weight is 270 g/mol. The quantitative estimate of drug-likeness (QED) is 0.470. The third-order valence-electron chi connectivity index (χ3n) is 1.98. The average Bonchev–Trinajstić information content (AvgIpc) is 2.26. The SMILES string of the molecule is COc1ccc(C(O)S(=O)(=O)[O-])c(OC)c1.[Na+]. The van der Waals surface area contributed by atoms with Gasteiger partial charge in [-0.3, -0.25) is 0 Å². The summed E-state index contributed by atoms with van der Waals surface area (Å²) in [7, 11) is -2.10. The first-order valence-corrected chi connectivity index (χ1v) is 5.72. The Morgan fingerprint density at radius 2 is 1.88 bits per heavy atom. The van der Waals surface area contributed by atoms with Crippen LogP contribution in [0.3, 0.4) is 0 Å². The van der Waals surface area contributed by atoms with Crippen LogP contribution in [0.1, 0.15) is 11.0 Å². The van der Waals surface area contributed by atoms with E-state index in [1.165, 1.54) is 32.4 Å². The van der Waals surface area contributed by atoms with Crippen molar-refractivity contribution in [2.75, 3.05) is 14.2 Å². The molecule has 0 heterocycles. The number of aliphatic hydroxyl groups excluding tert-OH is 1. The summed E-state index contributed by atoms with van der Waals surface area (Å²) in [6.45, 7) is 0. The van der Waals surface area contributed by atoms with Gasteiger partial charge in [-0.05, 0) is 12.1 Å². The first-order valence-electron chi connectivity index (χ1n) is 4.25. The molecule has 6 nitrogen and oxygen atoms in total. The first-order chi connectivity index (χ1) is 7.40. The van der Waals surface area contributed by atoms with E-state index >= 15 is 0 Å². The van der Waals surface area contributed by atoms with Gasteiger partial charge in [0, 0.05) is 11.6 Å². The molecule has 0 spiro atoms. The van der Waals surface area contributed by atoms with Crippen LogP contribution in [0, 0.1) is 0 Å². The molecule has 90 valence electrons. The van der Waals surface area contributed by atoms with Crippen molar-refractivity contribution in [3.63, 3.8) is 0 Å². The maximum absolute atomic E-state index is 10.7. The maximum Gasteiger partial charge on any atom is 1.00 e. The van der Waals surface area contributed by atoms with Crippen LogP contribution in [0.25, 0.3) is 0 Å². The Morgan fingerprint density at radius 3 is 2.29 bits per heavy atom. The second-order valence-corrected chi connectivity index (χ2v) is 4.39. The predicted molar refractivity (Wildman–Crippen MR) is 54.2 cm³/mol. The molecule has 1 N–H and O–H groups in total. The number of aliphatic hydroxyl groups is 1. The van der Waals surface area contributed by atoms with E-state index in [9.17, 15) is 18.1 Å². The molecular formula is C9H11NaO6S. The number of ether oxygens (including phenoxy) is 2. The Bertz CT molecular complexity index is 472. The van der Waals surface area contributed by atoms with Crippen LogP contribution in [0.4, 0.5) is 0 Å². The molecule has 0 saturated carbocycles. The van der Waals surface area contributed by atoms with Gasteiger partial charge in [-0.2, -0.15) is 0 Å². The molecule has 1 unspecified atom stereocenters. The summed E-state index contributed by atoms with van der Waals surface area (Å²) in [5.41, 5.74) is -2.26. The standard InChI is InChI=1S/C9H12O6S.Na/c1-14-6-3-4-7(8(5-6)15-2)9(10)16(11,12)13;/h3-5,9-10H,1-2H3,(H,11,12,13);/q;+1/p-1. The first kappa shape index (κ1) is 16.7. The summed E-state index contributed by atoms with van der Waals surface area (Å²) in [5, 5.41) is 9.31. The number of hydrogen-bond acceptors (Lipinski definition) is 6. The Labute approximate surface area is 122 Å². The topological polar surface area (TPSA) is 95.9 Å². The van der Waals surface area contributed by atoms with Crippen molar-refractivity contribution >= 4 is 10.1 Å². The third-order valence-corrected chi connectivity index (χ3v) is 2.78. The second-order valence-electron chi connectivity index (χ2n) is 2.95. The minimum atomic E-state index is -4.82. The number of benzene rings is 1. The van der Waals surface area contributed by atoms with Crippen molar-refractivity contribution in [3.05, 3.63) is 23.8 Å². The van der Waals surface area contributed by atoms with Crippen molar-refractivity contribution in [3.8, 4) is 11.5 Å². The fourth-order valence-electron chi connectivity index (χ4n) is 1.18. The van der Waals surface area contributed by atoms with Gasteiger partial charge in [-0.1, -0.05) is 0 Å². The summed E-state index contributed by atoms with van der Waals surface area (Å²) in [4.78, 5) is 0. The number of rotatable bonds is 4. The molecule has 17 heavy (non-hydrogen) atoms. The Morgan fingerprint density at radius 1 is 1.29 bits per heavy atom. The molecule has 1 atom stereocenters. The number of hydrogen-bond donors (Lipinski definition) is 1. The molecule has 8 heteroatoms. The van der Waals surface area contributed by atoms with Crippen molar-refractivity contribution < 1.29 is 57.1 Å². The van der Waals surface area contributed by atoms with Gasteiger partial charge in [0.2, 0.25) is 0 Å². The Kier molecular flexibility index (Phi) is 6.46. The molecule has 0 aliphatic heterocycles. The molecule has 0 radical (unpaired) electrons. The van der Waals surface area contributed by atoms with Crippen LogP contribution >= 0.6 is 0 Å². The summed E-state index contributed by atoms with van der Waals surface area (Å²) in [6, 6.07) is 4.06. The van der Waals surface area contributed by atoms with E-state index in [1.54, 1.807) is 0 Å². The molecule has 0 aliphatic rings. The molecule has 0 aliphatic carbocycles. The molecule has 0 amide bonds. The van der Waals surface area contributed by atoms with E-state index in [0.29, 0.717) is 5.75 Å². The molecule has 0 bridgehead atoms. The van der Waals surface area contributed by atoms with E-state index in [2.05, 4.69) is 0 Å². The predicted octanol–water partition coefficient (Wildman–Crippen LogP) is -2.76. The zero-order valence-electron chi connectivity index (χ0n) is 9.71. The summed E-state index contributed by atoms with van der Waals surface area (Å²) < 4.78 is 41.7. The van der Waals surface area contributed by atoms with Crippen LogP contribution in [0.2, 0.25) is 0 Å². The maximum atomic E-state index is 10.7. The van der Waals surface area contributed by atoms with Crippen molar-refractivity contribution in [2.45, 2.75) is 5.44 Å². The van der Waals surface area contributed by atoms with Gasteiger partial charge in [0.1, 0.15) is 21.6 Å². The van der Waals surface area contributed by atoms with Gasteiger partial charge in [-0.25, -0.2) is 8.42 Å². The third kappa shape index (κ3) is 4.13. The van der Waals surface area contributed by atoms with Gasteiger partial charge in [0.25, 0.3) is 0 Å². The van der Waals surface area contributed by atoms with Gasteiger partial charge >= 0.3 is 29.6 Å². The molecule has 1 rings (SSSR count). The van der Waals surface area contributed by atoms with Crippen LogP contribution in [-0.4, -0.2) is 32.3 Å². The van der Waals surface area contributed by atoms with Gasteiger partial charge in [0.15, 0.2) is 5.44 Å². The molecular weight excluding hydrogens is 259 g/mol. The second kappa shape index (κ2) is 6.58. The van der Waals surface area contributed by atoms with Gasteiger partial charge in [-0.15, -0.1) is 0 Å². The fraction of sp³-hybridized carbons (Fsp3) is 0.333. The van der Waals surface area contributed by atoms with E-state index in [-0.39, 0.29) is 40.9 Å². The zero-order chi connectivity index (χ0) is 12.3. The Balaban J connectivity index is 0.00000256. The molecule has 0 aromatic heterocycles. The van der Waals surface area contributed by atoms with E-state index in [1.807, 2.05) is 0 Å². The smallest absolute Gasteiger partial charge is 0.746 e. The molecule has 1 aromatic rings. The zero-order valence-corrected chi connectivity index (χ0v) is 12.5. The van der Waals surface area contributed by atoms with E-state index in [0.717, 1.165) is 0 Å². The molecule has 0 saturated heterocycles. The summed E-state index contributed by atoms with van der Waals surface area (Å²) in [6.07, 6.45) is 0. The van der Waals surface area contributed by atoms with Crippen LogP contribution in [0.15, 0.2) is 18.2 Å². The van der Waals surface area contributed by atoms with E-state index < -0.39 is 15.6 Å². The van der Waals surface area contributed by atoms with Crippen LogP contribution in [0.5, 0.6) is 11.5 Å². The van der Waals surface area contributed by atoms with E-state index in [4.69, 9.17) is 9.47 Å². The minimum Gasteiger partial charge on any atom is -0.746 e. The van der Waals surface area contributed by atoms with Crippen molar-refractivity contribution in [1.82, 2.24) is 0 Å². The minimum absolute atomic E-state index is 0. The normalized spacial score (nSPS) is 12.5. The van der Waals surface area contributed by atoms with Crippen LogP contribution < -0.4 is 39.0 Å². The fourth-order valence-corrected chi connectivity index (χ4v) is 1.68. The number of methoxy groups -OCH3 is 2. The molecule has 1 aromatic carbocycles. The summed E-state index contributed by atoms with van der Waals surface area (Å²) in [5.74, 6) is 0.502. The van der Waals surface area contributed by atoms with Crippen LogP contribution in [-0.2, 0) is 10.1 Å². The monoisotopic (exact) mass is 270 g/mol.